The molecule has 1 amide bonds. The van der Waals surface area contributed by atoms with E-state index < -0.39 is 0 Å². The van der Waals surface area contributed by atoms with E-state index in [1.54, 1.807) is 11.9 Å². The van der Waals surface area contributed by atoms with E-state index in [2.05, 4.69) is 5.32 Å². The van der Waals surface area contributed by atoms with Gasteiger partial charge in [-0.2, -0.15) is 0 Å². The number of hydrogen-bond acceptors (Lipinski definition) is 2. The van der Waals surface area contributed by atoms with Crippen molar-refractivity contribution in [1.29, 1.82) is 0 Å². The van der Waals surface area contributed by atoms with Crippen molar-refractivity contribution >= 4 is 23.2 Å². The third-order valence-corrected chi connectivity index (χ3v) is 3.46. The van der Waals surface area contributed by atoms with Crippen molar-refractivity contribution in [2.75, 3.05) is 18.9 Å². The zero-order valence-corrected chi connectivity index (χ0v) is 13.0. The lowest BCUT2D eigenvalue weighted by molar-refractivity contribution is 0.0786. The fraction of sp³-hybridized carbons (Fsp3) is 0.235. The van der Waals surface area contributed by atoms with Gasteiger partial charge in [-0.3, -0.25) is 4.79 Å². The number of carbonyl (C=O) groups excluding carboxylic acids is 1. The molecule has 1 N–H and O–H groups in total. The molecular formula is C17H19ClN2O. The zero-order chi connectivity index (χ0) is 15.2. The molecule has 0 bridgehead atoms. The third kappa shape index (κ3) is 3.99. The third-order valence-electron chi connectivity index (χ3n) is 3.20. The number of carbonyl (C=O) groups is 1. The van der Waals surface area contributed by atoms with Crippen molar-refractivity contribution in [3.8, 4) is 0 Å². The molecule has 4 heteroatoms. The molecule has 0 heterocycles. The molecule has 0 aromatic heterocycles. The Bertz CT molecular complexity index is 610. The van der Waals surface area contributed by atoms with Gasteiger partial charge in [0, 0.05) is 30.8 Å². The van der Waals surface area contributed by atoms with Gasteiger partial charge in [0.2, 0.25) is 0 Å². The van der Waals surface area contributed by atoms with Gasteiger partial charge in [0.1, 0.15) is 0 Å². The summed E-state index contributed by atoms with van der Waals surface area (Å²) in [6.45, 7) is 3.35. The number of nitrogens with one attached hydrogen (secondary N) is 1. The molecule has 110 valence electrons. The van der Waals surface area contributed by atoms with Gasteiger partial charge in [-0.05, 0) is 36.8 Å². The minimum atomic E-state index is 0.00139. The Morgan fingerprint density at radius 2 is 1.81 bits per heavy atom. The SMILES string of the molecule is CCNc1ccccc1C(=O)N(C)Cc1ccc(Cl)cc1. The average Bonchev–Trinajstić information content (AvgIpc) is 2.50. The van der Waals surface area contributed by atoms with Crippen molar-refractivity contribution in [3.05, 3.63) is 64.7 Å². The average molecular weight is 303 g/mol. The topological polar surface area (TPSA) is 32.3 Å². The Morgan fingerprint density at radius 1 is 1.14 bits per heavy atom. The molecule has 0 aliphatic rings. The maximum absolute atomic E-state index is 12.6. The predicted octanol–water partition coefficient (Wildman–Crippen LogP) is 4.04. The van der Waals surface area contributed by atoms with Gasteiger partial charge >= 0.3 is 0 Å². The summed E-state index contributed by atoms with van der Waals surface area (Å²) in [6.07, 6.45) is 0. The van der Waals surface area contributed by atoms with E-state index in [9.17, 15) is 4.79 Å². The van der Waals surface area contributed by atoms with E-state index in [0.717, 1.165) is 17.8 Å². The van der Waals surface area contributed by atoms with Crippen LogP contribution in [-0.4, -0.2) is 24.4 Å². The fourth-order valence-corrected chi connectivity index (χ4v) is 2.28. The molecular weight excluding hydrogens is 284 g/mol. The Hall–Kier alpha value is -2.00. The normalized spacial score (nSPS) is 10.2. The number of nitrogens with zero attached hydrogens (tertiary/aromatic N) is 1. The van der Waals surface area contributed by atoms with Gasteiger partial charge in [-0.15, -0.1) is 0 Å². The molecule has 2 aromatic rings. The first-order chi connectivity index (χ1) is 10.1. The van der Waals surface area contributed by atoms with Crippen LogP contribution in [0.4, 0.5) is 5.69 Å². The summed E-state index contributed by atoms with van der Waals surface area (Å²) in [5.74, 6) is 0.00139. The maximum Gasteiger partial charge on any atom is 0.255 e. The highest BCUT2D eigenvalue weighted by atomic mass is 35.5. The second-order valence-electron chi connectivity index (χ2n) is 4.86. The molecule has 2 aromatic carbocycles. The molecule has 0 atom stereocenters. The van der Waals surface area contributed by atoms with E-state index >= 15 is 0 Å². The van der Waals surface area contributed by atoms with Crippen LogP contribution in [0, 0.1) is 0 Å². The minimum Gasteiger partial charge on any atom is -0.385 e. The van der Waals surface area contributed by atoms with Gasteiger partial charge < -0.3 is 10.2 Å². The minimum absolute atomic E-state index is 0.00139. The van der Waals surface area contributed by atoms with Crippen molar-refractivity contribution in [2.45, 2.75) is 13.5 Å². The van der Waals surface area contributed by atoms with Crippen molar-refractivity contribution in [3.63, 3.8) is 0 Å². The summed E-state index contributed by atoms with van der Waals surface area (Å²) in [4.78, 5) is 14.3. The van der Waals surface area contributed by atoms with Crippen LogP contribution in [0.15, 0.2) is 48.5 Å². The summed E-state index contributed by atoms with van der Waals surface area (Å²) in [6, 6.07) is 15.1. The summed E-state index contributed by atoms with van der Waals surface area (Å²) in [5.41, 5.74) is 2.61. The molecule has 2 rings (SSSR count). The second kappa shape index (κ2) is 7.14. The van der Waals surface area contributed by atoms with Crippen LogP contribution < -0.4 is 5.32 Å². The summed E-state index contributed by atoms with van der Waals surface area (Å²) in [7, 11) is 1.81. The van der Waals surface area contributed by atoms with Crippen molar-refractivity contribution < 1.29 is 4.79 Å². The zero-order valence-electron chi connectivity index (χ0n) is 12.3. The second-order valence-corrected chi connectivity index (χ2v) is 5.30. The quantitative estimate of drug-likeness (QED) is 0.904. The molecule has 0 radical (unpaired) electrons. The highest BCUT2D eigenvalue weighted by Gasteiger charge is 2.15. The lowest BCUT2D eigenvalue weighted by Crippen LogP contribution is -2.27. The number of anilines is 1. The Labute approximate surface area is 130 Å². The molecule has 21 heavy (non-hydrogen) atoms. The highest BCUT2D eigenvalue weighted by Crippen LogP contribution is 2.18. The van der Waals surface area contributed by atoms with Gasteiger partial charge in [-0.1, -0.05) is 35.9 Å². The lowest BCUT2D eigenvalue weighted by Gasteiger charge is -2.19. The number of amides is 1. The van der Waals surface area contributed by atoms with Crippen molar-refractivity contribution in [1.82, 2.24) is 4.90 Å². The molecule has 0 fully saturated rings. The highest BCUT2D eigenvalue weighted by molar-refractivity contribution is 6.30. The molecule has 0 spiro atoms. The Morgan fingerprint density at radius 3 is 2.48 bits per heavy atom. The summed E-state index contributed by atoms with van der Waals surface area (Å²) in [5, 5.41) is 3.92. The van der Waals surface area contributed by atoms with Gasteiger partial charge in [0.05, 0.1) is 5.56 Å². The number of benzene rings is 2. The van der Waals surface area contributed by atoms with Crippen LogP contribution in [0.3, 0.4) is 0 Å². The van der Waals surface area contributed by atoms with E-state index in [1.165, 1.54) is 0 Å². The van der Waals surface area contributed by atoms with Crippen LogP contribution in [0.2, 0.25) is 5.02 Å². The van der Waals surface area contributed by atoms with Crippen LogP contribution >= 0.6 is 11.6 Å². The van der Waals surface area contributed by atoms with Gasteiger partial charge in [0.15, 0.2) is 0 Å². The van der Waals surface area contributed by atoms with E-state index in [0.29, 0.717) is 17.1 Å². The first kappa shape index (κ1) is 15.4. The van der Waals surface area contributed by atoms with Crippen LogP contribution in [-0.2, 0) is 6.54 Å². The van der Waals surface area contributed by atoms with Gasteiger partial charge in [0.25, 0.3) is 5.91 Å². The van der Waals surface area contributed by atoms with E-state index in [1.807, 2.05) is 55.5 Å². The van der Waals surface area contributed by atoms with E-state index in [-0.39, 0.29) is 5.91 Å². The number of hydrogen-bond donors (Lipinski definition) is 1. The fourth-order valence-electron chi connectivity index (χ4n) is 2.16. The number of rotatable bonds is 5. The standard InChI is InChI=1S/C17H19ClN2O/c1-3-19-16-7-5-4-6-15(16)17(21)20(2)12-13-8-10-14(18)11-9-13/h4-11,19H,3,12H2,1-2H3. The number of para-hydroxylation sites is 1. The van der Waals surface area contributed by atoms with Crippen LogP contribution in [0.1, 0.15) is 22.8 Å². The molecule has 0 aliphatic heterocycles. The predicted molar refractivity (Wildman–Crippen MR) is 87.9 cm³/mol. The number of halogens is 1. The Balaban J connectivity index is 2.13. The first-order valence-corrected chi connectivity index (χ1v) is 7.32. The monoisotopic (exact) mass is 302 g/mol. The maximum atomic E-state index is 12.6. The molecule has 0 unspecified atom stereocenters. The smallest absolute Gasteiger partial charge is 0.255 e. The lowest BCUT2D eigenvalue weighted by atomic mass is 10.1. The van der Waals surface area contributed by atoms with Gasteiger partial charge in [-0.25, -0.2) is 0 Å². The van der Waals surface area contributed by atoms with Crippen LogP contribution in [0.25, 0.3) is 0 Å². The first-order valence-electron chi connectivity index (χ1n) is 6.94. The summed E-state index contributed by atoms with van der Waals surface area (Å²) < 4.78 is 0. The molecule has 3 nitrogen and oxygen atoms in total. The molecule has 0 aliphatic carbocycles. The molecule has 0 saturated heterocycles. The van der Waals surface area contributed by atoms with Crippen LogP contribution in [0.5, 0.6) is 0 Å². The summed E-state index contributed by atoms with van der Waals surface area (Å²) >= 11 is 5.87. The van der Waals surface area contributed by atoms with Crippen molar-refractivity contribution in [2.24, 2.45) is 0 Å². The van der Waals surface area contributed by atoms with E-state index in [4.69, 9.17) is 11.6 Å². The molecule has 0 saturated carbocycles. The largest absolute Gasteiger partial charge is 0.385 e. The Kier molecular flexibility index (Phi) is 5.23.